The van der Waals surface area contributed by atoms with Gasteiger partial charge in [-0.25, -0.2) is 4.98 Å². The quantitative estimate of drug-likeness (QED) is 0.691. The molecular weight excluding hydrogens is 232 g/mol. The van der Waals surface area contributed by atoms with E-state index < -0.39 is 0 Å². The summed E-state index contributed by atoms with van der Waals surface area (Å²) in [5.41, 5.74) is 3.20. The van der Waals surface area contributed by atoms with E-state index in [0.29, 0.717) is 0 Å². The maximum atomic E-state index is 5.33. The molecule has 3 rings (SSSR count). The summed E-state index contributed by atoms with van der Waals surface area (Å²) in [6.07, 6.45) is 4.05. The number of imidazole rings is 1. The standard InChI is InChI=1S/C13H12N2OS/c1-9-3-4-10(7-12(9)16-2)11-8-15-5-6-17-13(15)14-11/h3-8H,1-2H3. The lowest BCUT2D eigenvalue weighted by atomic mass is 10.1. The zero-order valence-electron chi connectivity index (χ0n) is 9.68. The Balaban J connectivity index is 2.12. The van der Waals surface area contributed by atoms with Gasteiger partial charge in [0.2, 0.25) is 0 Å². The second kappa shape index (κ2) is 3.89. The van der Waals surface area contributed by atoms with Gasteiger partial charge in [0, 0.05) is 23.3 Å². The fourth-order valence-electron chi connectivity index (χ4n) is 1.85. The van der Waals surface area contributed by atoms with E-state index in [0.717, 1.165) is 27.5 Å². The van der Waals surface area contributed by atoms with E-state index in [2.05, 4.69) is 17.1 Å². The molecule has 0 aliphatic rings. The molecule has 2 aromatic heterocycles. The average Bonchev–Trinajstić information content (AvgIpc) is 2.90. The van der Waals surface area contributed by atoms with Crippen molar-refractivity contribution < 1.29 is 4.74 Å². The Labute approximate surface area is 103 Å². The lowest BCUT2D eigenvalue weighted by Crippen LogP contribution is -1.87. The number of fused-ring (bicyclic) bond motifs is 1. The largest absolute Gasteiger partial charge is 0.496 e. The fourth-order valence-corrected chi connectivity index (χ4v) is 2.55. The number of nitrogens with zero attached hydrogens (tertiary/aromatic N) is 2. The van der Waals surface area contributed by atoms with E-state index in [1.165, 1.54) is 0 Å². The molecule has 0 fully saturated rings. The lowest BCUT2D eigenvalue weighted by molar-refractivity contribution is 0.412. The molecule has 86 valence electrons. The number of methoxy groups -OCH3 is 1. The SMILES string of the molecule is COc1cc(-c2cn3ccsc3n2)ccc1C. The Morgan fingerprint density at radius 3 is 3.00 bits per heavy atom. The van der Waals surface area contributed by atoms with Gasteiger partial charge in [-0.1, -0.05) is 12.1 Å². The van der Waals surface area contributed by atoms with Crippen LogP contribution in [0.1, 0.15) is 5.56 Å². The molecule has 1 aromatic carbocycles. The molecule has 0 aliphatic heterocycles. The second-order valence-corrected chi connectivity index (χ2v) is 4.78. The smallest absolute Gasteiger partial charge is 0.194 e. The molecule has 3 nitrogen and oxygen atoms in total. The Morgan fingerprint density at radius 1 is 1.35 bits per heavy atom. The molecule has 3 aromatic rings. The Hall–Kier alpha value is -1.81. The van der Waals surface area contributed by atoms with Crippen LogP contribution in [-0.4, -0.2) is 16.5 Å². The van der Waals surface area contributed by atoms with Crippen molar-refractivity contribution in [2.45, 2.75) is 6.92 Å². The first kappa shape index (κ1) is 10.4. The first-order valence-corrected chi connectivity index (χ1v) is 6.23. The minimum absolute atomic E-state index is 0.902. The summed E-state index contributed by atoms with van der Waals surface area (Å²) in [7, 11) is 1.69. The molecule has 0 unspecified atom stereocenters. The minimum Gasteiger partial charge on any atom is -0.496 e. The van der Waals surface area contributed by atoms with E-state index in [1.807, 2.05) is 35.2 Å². The van der Waals surface area contributed by atoms with Crippen LogP contribution in [0, 0.1) is 6.92 Å². The van der Waals surface area contributed by atoms with Gasteiger partial charge in [0.15, 0.2) is 4.96 Å². The van der Waals surface area contributed by atoms with Crippen LogP contribution in [0.2, 0.25) is 0 Å². The molecule has 0 saturated carbocycles. The number of thiazole rings is 1. The van der Waals surface area contributed by atoms with Gasteiger partial charge >= 0.3 is 0 Å². The Morgan fingerprint density at radius 2 is 2.24 bits per heavy atom. The number of hydrogen-bond donors (Lipinski definition) is 0. The summed E-state index contributed by atoms with van der Waals surface area (Å²) in [5, 5.41) is 2.03. The van der Waals surface area contributed by atoms with Crippen molar-refractivity contribution in [2.24, 2.45) is 0 Å². The van der Waals surface area contributed by atoms with Crippen LogP contribution in [0.3, 0.4) is 0 Å². The maximum absolute atomic E-state index is 5.33. The normalized spacial score (nSPS) is 10.9. The third-order valence-electron chi connectivity index (χ3n) is 2.80. The fraction of sp³-hybridized carbons (Fsp3) is 0.154. The summed E-state index contributed by atoms with van der Waals surface area (Å²) in [4.78, 5) is 5.59. The van der Waals surface area contributed by atoms with Crippen LogP contribution >= 0.6 is 11.3 Å². The molecule has 0 atom stereocenters. The molecule has 4 heteroatoms. The lowest BCUT2D eigenvalue weighted by Gasteiger charge is -2.05. The van der Waals surface area contributed by atoms with E-state index in [4.69, 9.17) is 4.74 Å². The van der Waals surface area contributed by atoms with Gasteiger partial charge in [0.1, 0.15) is 5.75 Å². The number of benzene rings is 1. The van der Waals surface area contributed by atoms with Gasteiger partial charge in [-0.15, -0.1) is 11.3 Å². The highest BCUT2D eigenvalue weighted by Gasteiger charge is 2.07. The van der Waals surface area contributed by atoms with E-state index in [1.54, 1.807) is 18.4 Å². The highest BCUT2D eigenvalue weighted by atomic mass is 32.1. The third-order valence-corrected chi connectivity index (χ3v) is 3.57. The van der Waals surface area contributed by atoms with Crippen molar-refractivity contribution in [3.05, 3.63) is 41.5 Å². The topological polar surface area (TPSA) is 26.5 Å². The average molecular weight is 244 g/mol. The van der Waals surface area contributed by atoms with Crippen LogP contribution in [0.4, 0.5) is 0 Å². The number of aryl methyl sites for hydroxylation is 1. The predicted molar refractivity (Wildman–Crippen MR) is 69.8 cm³/mol. The molecule has 0 aliphatic carbocycles. The summed E-state index contributed by atoms with van der Waals surface area (Å²) < 4.78 is 7.36. The van der Waals surface area contributed by atoms with Crippen LogP contribution in [0.25, 0.3) is 16.2 Å². The molecule has 17 heavy (non-hydrogen) atoms. The summed E-state index contributed by atoms with van der Waals surface area (Å²) in [6, 6.07) is 6.16. The minimum atomic E-state index is 0.902. The zero-order chi connectivity index (χ0) is 11.8. The first-order chi connectivity index (χ1) is 8.28. The van der Waals surface area contributed by atoms with E-state index in [-0.39, 0.29) is 0 Å². The van der Waals surface area contributed by atoms with Crippen molar-refractivity contribution in [1.29, 1.82) is 0 Å². The molecule has 0 bridgehead atoms. The van der Waals surface area contributed by atoms with Crippen LogP contribution in [0.15, 0.2) is 36.0 Å². The van der Waals surface area contributed by atoms with Gasteiger partial charge in [0.05, 0.1) is 12.8 Å². The predicted octanol–water partition coefficient (Wildman–Crippen LogP) is 3.38. The van der Waals surface area contributed by atoms with Crippen LogP contribution in [-0.2, 0) is 0 Å². The molecule has 0 amide bonds. The van der Waals surface area contributed by atoms with Crippen molar-refractivity contribution in [3.8, 4) is 17.0 Å². The molecule has 0 spiro atoms. The van der Waals surface area contributed by atoms with Crippen LogP contribution < -0.4 is 4.74 Å². The highest BCUT2D eigenvalue weighted by molar-refractivity contribution is 7.15. The number of hydrogen-bond acceptors (Lipinski definition) is 3. The van der Waals surface area contributed by atoms with Crippen molar-refractivity contribution in [3.63, 3.8) is 0 Å². The highest BCUT2D eigenvalue weighted by Crippen LogP contribution is 2.27. The monoisotopic (exact) mass is 244 g/mol. The van der Waals surface area contributed by atoms with Gasteiger partial charge in [-0.3, -0.25) is 4.40 Å². The number of aromatic nitrogens is 2. The van der Waals surface area contributed by atoms with Gasteiger partial charge in [-0.2, -0.15) is 0 Å². The third kappa shape index (κ3) is 1.70. The molecular formula is C13H12N2OS. The summed E-state index contributed by atoms with van der Waals surface area (Å²) in [5.74, 6) is 0.902. The molecule has 0 N–H and O–H groups in total. The summed E-state index contributed by atoms with van der Waals surface area (Å²) in [6.45, 7) is 2.04. The Bertz CT molecular complexity index is 640. The number of rotatable bonds is 2. The number of ether oxygens (including phenoxy) is 1. The second-order valence-electron chi connectivity index (χ2n) is 3.90. The molecule has 0 radical (unpaired) electrons. The zero-order valence-corrected chi connectivity index (χ0v) is 10.5. The van der Waals surface area contributed by atoms with Gasteiger partial charge in [0.25, 0.3) is 0 Å². The van der Waals surface area contributed by atoms with E-state index in [9.17, 15) is 0 Å². The maximum Gasteiger partial charge on any atom is 0.194 e. The molecule has 0 saturated heterocycles. The van der Waals surface area contributed by atoms with Crippen LogP contribution in [0.5, 0.6) is 5.75 Å². The van der Waals surface area contributed by atoms with Crippen molar-refractivity contribution >= 4 is 16.3 Å². The summed E-state index contributed by atoms with van der Waals surface area (Å²) >= 11 is 1.64. The van der Waals surface area contributed by atoms with Crippen molar-refractivity contribution in [2.75, 3.05) is 7.11 Å². The van der Waals surface area contributed by atoms with Gasteiger partial charge in [-0.05, 0) is 18.6 Å². The Kier molecular flexibility index (Phi) is 2.37. The van der Waals surface area contributed by atoms with Crippen molar-refractivity contribution in [1.82, 2.24) is 9.38 Å². The first-order valence-electron chi connectivity index (χ1n) is 5.35. The van der Waals surface area contributed by atoms with E-state index >= 15 is 0 Å². The molecule has 2 heterocycles. The van der Waals surface area contributed by atoms with Gasteiger partial charge < -0.3 is 4.74 Å².